The first-order valence-corrected chi connectivity index (χ1v) is 3.08. The van der Waals surface area contributed by atoms with Crippen molar-refractivity contribution in [2.45, 2.75) is 13.3 Å². The molecule has 10 heavy (non-hydrogen) atoms. The predicted octanol–water partition coefficient (Wildman–Crippen LogP) is 0.0710. The van der Waals surface area contributed by atoms with Gasteiger partial charge in [-0.1, -0.05) is 6.92 Å². The normalized spacial score (nSPS) is 9.70. The summed E-state index contributed by atoms with van der Waals surface area (Å²) in [5, 5.41) is 0. The number of primary amides is 1. The maximum Gasteiger partial charge on any atom is 0.268 e. The van der Waals surface area contributed by atoms with E-state index in [0.29, 0.717) is 5.69 Å². The summed E-state index contributed by atoms with van der Waals surface area (Å²) in [4.78, 5) is 17.2. The van der Waals surface area contributed by atoms with Crippen LogP contribution < -0.4 is 5.73 Å². The highest BCUT2D eigenvalue weighted by Gasteiger charge is 2.03. The molecule has 1 aromatic heterocycles. The molecule has 0 aromatic carbocycles. The molecule has 0 unspecified atom stereocenters. The predicted molar refractivity (Wildman–Crippen MR) is 36.5 cm³/mol. The van der Waals surface area contributed by atoms with Gasteiger partial charge in [0.2, 0.25) is 0 Å². The molecule has 54 valence electrons. The van der Waals surface area contributed by atoms with E-state index in [1.165, 1.54) is 6.20 Å². The zero-order valence-corrected chi connectivity index (χ0v) is 5.72. The lowest BCUT2D eigenvalue weighted by molar-refractivity contribution is 0.0996. The summed E-state index contributed by atoms with van der Waals surface area (Å²) < 4.78 is 0. The Labute approximate surface area is 58.5 Å². The van der Waals surface area contributed by atoms with Crippen LogP contribution in [0.3, 0.4) is 0 Å². The number of carbonyl (C=O) groups is 1. The van der Waals surface area contributed by atoms with Gasteiger partial charge in [0.05, 0.1) is 0 Å². The number of aromatic amines is 1. The molecule has 1 aromatic rings. The molecule has 1 rings (SSSR count). The van der Waals surface area contributed by atoms with Crippen LogP contribution in [0, 0.1) is 0 Å². The summed E-state index contributed by atoms with van der Waals surface area (Å²) in [6.45, 7) is 1.95. The molecule has 3 N–H and O–H groups in total. The van der Waals surface area contributed by atoms with Crippen LogP contribution in [0.1, 0.15) is 23.2 Å². The van der Waals surface area contributed by atoms with E-state index < -0.39 is 5.91 Å². The van der Waals surface area contributed by atoms with Crippen molar-refractivity contribution in [2.24, 2.45) is 5.73 Å². The third-order valence-electron chi connectivity index (χ3n) is 1.22. The molecular formula is C6H9N3O. The van der Waals surface area contributed by atoms with Gasteiger partial charge < -0.3 is 10.7 Å². The molecular weight excluding hydrogens is 130 g/mol. The molecule has 4 nitrogen and oxygen atoms in total. The number of nitrogens with two attached hydrogens (primary N) is 1. The van der Waals surface area contributed by atoms with Crippen LogP contribution in [-0.4, -0.2) is 15.9 Å². The van der Waals surface area contributed by atoms with Crippen molar-refractivity contribution in [3.05, 3.63) is 17.7 Å². The highest BCUT2D eigenvalue weighted by atomic mass is 16.1. The van der Waals surface area contributed by atoms with Crippen molar-refractivity contribution < 1.29 is 4.79 Å². The fourth-order valence-corrected chi connectivity index (χ4v) is 0.669. The van der Waals surface area contributed by atoms with E-state index in [-0.39, 0.29) is 0 Å². The lowest BCUT2D eigenvalue weighted by atomic mass is 10.4. The van der Waals surface area contributed by atoms with E-state index in [2.05, 4.69) is 9.97 Å². The second-order valence-corrected chi connectivity index (χ2v) is 1.95. The summed E-state index contributed by atoms with van der Waals surface area (Å²) in [7, 11) is 0. The number of amides is 1. The number of aryl methyl sites for hydroxylation is 1. The van der Waals surface area contributed by atoms with Crippen molar-refractivity contribution in [2.75, 3.05) is 0 Å². The molecule has 0 aliphatic carbocycles. The van der Waals surface area contributed by atoms with Gasteiger partial charge in [-0.15, -0.1) is 0 Å². The number of rotatable bonds is 2. The Bertz CT molecular complexity index is 241. The Morgan fingerprint density at radius 1 is 1.90 bits per heavy atom. The Kier molecular flexibility index (Phi) is 1.71. The summed E-state index contributed by atoms with van der Waals surface area (Å²) in [5.74, 6) is 0.296. The third kappa shape index (κ3) is 1.15. The Morgan fingerprint density at radius 2 is 2.60 bits per heavy atom. The van der Waals surface area contributed by atoms with Crippen molar-refractivity contribution >= 4 is 5.91 Å². The first-order valence-electron chi connectivity index (χ1n) is 3.08. The molecule has 0 spiro atoms. The number of hydrogen-bond donors (Lipinski definition) is 2. The average Bonchev–Trinajstić information content (AvgIpc) is 2.34. The molecule has 4 heteroatoms. The first-order chi connectivity index (χ1) is 4.74. The van der Waals surface area contributed by atoms with E-state index in [9.17, 15) is 4.79 Å². The Morgan fingerprint density at radius 3 is 2.90 bits per heavy atom. The first kappa shape index (κ1) is 6.80. The average molecular weight is 139 g/mol. The maximum atomic E-state index is 10.5. The van der Waals surface area contributed by atoms with Crippen LogP contribution >= 0.6 is 0 Å². The smallest absolute Gasteiger partial charge is 0.268 e. The van der Waals surface area contributed by atoms with Gasteiger partial charge in [0.15, 0.2) is 0 Å². The van der Waals surface area contributed by atoms with E-state index in [4.69, 9.17) is 5.73 Å². The van der Waals surface area contributed by atoms with Crippen molar-refractivity contribution in [1.82, 2.24) is 9.97 Å². The summed E-state index contributed by atoms with van der Waals surface area (Å²) in [5.41, 5.74) is 5.26. The fraction of sp³-hybridized carbons (Fsp3) is 0.333. The summed E-state index contributed by atoms with van der Waals surface area (Å²) in [6, 6.07) is 0. The zero-order valence-electron chi connectivity index (χ0n) is 5.72. The maximum absolute atomic E-state index is 10.5. The van der Waals surface area contributed by atoms with Gasteiger partial charge in [-0.05, 0) is 0 Å². The summed E-state index contributed by atoms with van der Waals surface area (Å²) in [6.07, 6.45) is 2.30. The molecule has 0 aliphatic heterocycles. The van der Waals surface area contributed by atoms with Crippen molar-refractivity contribution in [1.29, 1.82) is 0 Å². The van der Waals surface area contributed by atoms with Gasteiger partial charge in [-0.2, -0.15) is 0 Å². The van der Waals surface area contributed by atoms with Gasteiger partial charge in [-0.3, -0.25) is 4.79 Å². The minimum Gasteiger partial charge on any atom is -0.364 e. The van der Waals surface area contributed by atoms with Crippen LogP contribution in [-0.2, 0) is 6.42 Å². The second-order valence-electron chi connectivity index (χ2n) is 1.95. The molecule has 0 radical (unpaired) electrons. The van der Waals surface area contributed by atoms with E-state index in [0.717, 1.165) is 12.2 Å². The van der Waals surface area contributed by atoms with Crippen LogP contribution in [0.5, 0.6) is 0 Å². The van der Waals surface area contributed by atoms with E-state index in [1.54, 1.807) is 0 Å². The topological polar surface area (TPSA) is 71.8 Å². The van der Waals surface area contributed by atoms with Crippen LogP contribution in [0.25, 0.3) is 0 Å². The largest absolute Gasteiger partial charge is 0.364 e. The third-order valence-corrected chi connectivity index (χ3v) is 1.22. The molecule has 0 aliphatic rings. The molecule has 0 atom stereocenters. The van der Waals surface area contributed by atoms with Gasteiger partial charge in [0, 0.05) is 12.6 Å². The molecule has 1 heterocycles. The number of carbonyl (C=O) groups excluding carboxylic acids is 1. The number of imidazole rings is 1. The zero-order chi connectivity index (χ0) is 7.56. The van der Waals surface area contributed by atoms with Gasteiger partial charge in [0.25, 0.3) is 5.91 Å². The minimum atomic E-state index is -0.490. The number of nitrogens with one attached hydrogen (secondary N) is 1. The molecule has 1 amide bonds. The quantitative estimate of drug-likeness (QED) is 0.608. The SMILES string of the molecule is CCc1nc(C(N)=O)c[nH]1. The van der Waals surface area contributed by atoms with Crippen molar-refractivity contribution in [3.8, 4) is 0 Å². The monoisotopic (exact) mass is 139 g/mol. The standard InChI is InChI=1S/C6H9N3O/c1-2-5-8-3-4(9-5)6(7)10/h3H,2H2,1H3,(H2,7,10)(H,8,9). The number of hydrogen-bond acceptors (Lipinski definition) is 2. The molecule has 0 bridgehead atoms. The number of aromatic nitrogens is 2. The van der Waals surface area contributed by atoms with Gasteiger partial charge in [-0.25, -0.2) is 4.98 Å². The second kappa shape index (κ2) is 2.51. The van der Waals surface area contributed by atoms with Crippen molar-refractivity contribution in [3.63, 3.8) is 0 Å². The van der Waals surface area contributed by atoms with Gasteiger partial charge in [0.1, 0.15) is 11.5 Å². The highest BCUT2D eigenvalue weighted by molar-refractivity contribution is 5.90. The fourth-order valence-electron chi connectivity index (χ4n) is 0.669. The molecule has 0 saturated carbocycles. The number of nitrogens with zero attached hydrogens (tertiary/aromatic N) is 1. The number of H-pyrrole nitrogens is 1. The van der Waals surface area contributed by atoms with E-state index in [1.807, 2.05) is 6.92 Å². The lowest BCUT2D eigenvalue weighted by Gasteiger charge is -1.83. The lowest BCUT2D eigenvalue weighted by Crippen LogP contribution is -2.11. The van der Waals surface area contributed by atoms with Crippen LogP contribution in [0.2, 0.25) is 0 Å². The molecule has 0 fully saturated rings. The van der Waals surface area contributed by atoms with E-state index >= 15 is 0 Å². The minimum absolute atomic E-state index is 0.303. The Balaban J connectivity index is 2.88. The molecule has 0 saturated heterocycles. The van der Waals surface area contributed by atoms with Crippen LogP contribution in [0.4, 0.5) is 0 Å². The summed E-state index contributed by atoms with van der Waals surface area (Å²) >= 11 is 0. The Hall–Kier alpha value is -1.32. The highest BCUT2D eigenvalue weighted by Crippen LogP contribution is 1.95. The van der Waals surface area contributed by atoms with Gasteiger partial charge >= 0.3 is 0 Å². The van der Waals surface area contributed by atoms with Crippen LogP contribution in [0.15, 0.2) is 6.20 Å².